The van der Waals surface area contributed by atoms with Gasteiger partial charge in [-0.15, -0.1) is 10.2 Å². The van der Waals surface area contributed by atoms with Crippen molar-refractivity contribution in [3.05, 3.63) is 60.0 Å². The number of aromatic nitrogens is 3. The minimum absolute atomic E-state index is 0.0589. The third-order valence-electron chi connectivity index (χ3n) is 3.70. The van der Waals surface area contributed by atoms with Crippen molar-refractivity contribution in [2.45, 2.75) is 19.9 Å². The molecular weight excluding hydrogens is 378 g/mol. The number of hydrogen-bond acceptors (Lipinski definition) is 6. The lowest BCUT2D eigenvalue weighted by Gasteiger charge is -2.06. The first-order valence-corrected chi connectivity index (χ1v) is 8.69. The van der Waals surface area contributed by atoms with Crippen molar-refractivity contribution in [3.63, 3.8) is 0 Å². The second-order valence-corrected chi connectivity index (χ2v) is 5.96. The van der Waals surface area contributed by atoms with Gasteiger partial charge in [0.25, 0.3) is 0 Å². The molecular formula is C19H21N5O5. The number of carboxylic acids is 2. The van der Waals surface area contributed by atoms with Crippen LogP contribution in [-0.2, 0) is 27.3 Å². The van der Waals surface area contributed by atoms with E-state index in [-0.39, 0.29) is 5.91 Å². The van der Waals surface area contributed by atoms with Crippen molar-refractivity contribution in [1.29, 1.82) is 0 Å². The van der Waals surface area contributed by atoms with E-state index in [0.717, 1.165) is 36.7 Å². The van der Waals surface area contributed by atoms with Crippen LogP contribution in [0, 0.1) is 0 Å². The Hall–Kier alpha value is -3.79. The standard InChI is InChI=1S/C17H19N5O.C2H2O4/c1-13(23)19-15-7-5-14(6-8-15)12-18-10-9-17-21-20-16-4-2-3-11-22(16)17;3-1(4)2(5)6/h2-8,11,18H,9-10,12H2,1H3,(H,19,23);(H,3,4)(H,5,6). The van der Waals surface area contributed by atoms with Crippen LogP contribution in [0.4, 0.5) is 5.69 Å². The highest BCUT2D eigenvalue weighted by atomic mass is 16.4. The summed E-state index contributed by atoms with van der Waals surface area (Å²) < 4.78 is 2.00. The molecule has 0 unspecified atom stereocenters. The number of anilines is 1. The molecule has 3 rings (SSSR count). The first kappa shape index (κ1) is 21.5. The number of carboxylic acid groups (broad SMARTS) is 2. The van der Waals surface area contributed by atoms with Gasteiger partial charge < -0.3 is 20.8 Å². The van der Waals surface area contributed by atoms with Gasteiger partial charge in [0.15, 0.2) is 5.65 Å². The summed E-state index contributed by atoms with van der Waals surface area (Å²) in [4.78, 5) is 29.2. The van der Waals surface area contributed by atoms with E-state index in [4.69, 9.17) is 19.8 Å². The molecule has 2 aromatic heterocycles. The number of carbonyl (C=O) groups excluding carboxylic acids is 1. The minimum Gasteiger partial charge on any atom is -0.473 e. The first-order valence-electron chi connectivity index (χ1n) is 8.69. The lowest BCUT2D eigenvalue weighted by Crippen LogP contribution is -2.17. The molecule has 2 heterocycles. The average Bonchev–Trinajstić information content (AvgIpc) is 3.10. The molecule has 0 saturated heterocycles. The molecule has 0 aliphatic rings. The van der Waals surface area contributed by atoms with Gasteiger partial charge in [-0.3, -0.25) is 9.20 Å². The Labute approximate surface area is 166 Å². The van der Waals surface area contributed by atoms with Crippen molar-refractivity contribution >= 4 is 29.2 Å². The van der Waals surface area contributed by atoms with E-state index in [1.165, 1.54) is 12.5 Å². The number of hydrogen-bond donors (Lipinski definition) is 4. The smallest absolute Gasteiger partial charge is 0.414 e. The van der Waals surface area contributed by atoms with E-state index in [1.807, 2.05) is 53.1 Å². The fourth-order valence-electron chi connectivity index (χ4n) is 2.40. The predicted molar refractivity (Wildman–Crippen MR) is 104 cm³/mol. The maximum Gasteiger partial charge on any atom is 0.414 e. The van der Waals surface area contributed by atoms with Crippen LogP contribution in [0.3, 0.4) is 0 Å². The fourth-order valence-corrected chi connectivity index (χ4v) is 2.40. The first-order chi connectivity index (χ1) is 13.9. The monoisotopic (exact) mass is 399 g/mol. The maximum atomic E-state index is 11.0. The zero-order chi connectivity index (χ0) is 21.2. The van der Waals surface area contributed by atoms with E-state index in [9.17, 15) is 4.79 Å². The number of amides is 1. The van der Waals surface area contributed by atoms with Crippen LogP contribution >= 0.6 is 0 Å². The summed E-state index contributed by atoms with van der Waals surface area (Å²) in [6.07, 6.45) is 2.79. The van der Waals surface area contributed by atoms with Crippen LogP contribution in [0.2, 0.25) is 0 Å². The van der Waals surface area contributed by atoms with E-state index < -0.39 is 11.9 Å². The highest BCUT2D eigenvalue weighted by molar-refractivity contribution is 6.27. The third-order valence-corrected chi connectivity index (χ3v) is 3.70. The Balaban J connectivity index is 0.000000438. The second kappa shape index (κ2) is 10.5. The number of benzene rings is 1. The van der Waals surface area contributed by atoms with Crippen molar-refractivity contribution in [2.24, 2.45) is 0 Å². The summed E-state index contributed by atoms with van der Waals surface area (Å²) in [7, 11) is 0. The number of rotatable bonds is 6. The molecule has 0 spiro atoms. The number of pyridine rings is 1. The lowest BCUT2D eigenvalue weighted by atomic mass is 10.2. The van der Waals surface area contributed by atoms with Gasteiger partial charge in [-0.05, 0) is 29.8 Å². The number of nitrogens with one attached hydrogen (secondary N) is 2. The molecule has 1 aromatic carbocycles. The highest BCUT2D eigenvalue weighted by Gasteiger charge is 2.04. The van der Waals surface area contributed by atoms with E-state index >= 15 is 0 Å². The molecule has 152 valence electrons. The van der Waals surface area contributed by atoms with Gasteiger partial charge >= 0.3 is 11.9 Å². The molecule has 0 bridgehead atoms. The van der Waals surface area contributed by atoms with E-state index in [1.54, 1.807) is 0 Å². The van der Waals surface area contributed by atoms with Gasteiger partial charge in [-0.1, -0.05) is 18.2 Å². The van der Waals surface area contributed by atoms with Crippen molar-refractivity contribution in [1.82, 2.24) is 19.9 Å². The molecule has 4 N–H and O–H groups in total. The number of aliphatic carboxylic acids is 2. The van der Waals surface area contributed by atoms with Crippen molar-refractivity contribution < 1.29 is 24.6 Å². The molecule has 10 heteroatoms. The van der Waals surface area contributed by atoms with Crippen LogP contribution in [0.25, 0.3) is 5.65 Å². The Morgan fingerprint density at radius 3 is 2.31 bits per heavy atom. The third kappa shape index (κ3) is 7.03. The molecule has 0 saturated carbocycles. The molecule has 0 aliphatic carbocycles. The SMILES string of the molecule is CC(=O)Nc1ccc(CNCCc2nnc3ccccn23)cc1.O=C(O)C(=O)O. The summed E-state index contributed by atoms with van der Waals surface area (Å²) in [5.74, 6) is -2.75. The van der Waals surface area contributed by atoms with Gasteiger partial charge in [0.05, 0.1) is 0 Å². The fraction of sp³-hybridized carbons (Fsp3) is 0.211. The van der Waals surface area contributed by atoms with Crippen LogP contribution in [0.1, 0.15) is 18.3 Å². The summed E-state index contributed by atoms with van der Waals surface area (Å²) >= 11 is 0. The average molecular weight is 399 g/mol. The van der Waals surface area contributed by atoms with Crippen LogP contribution < -0.4 is 10.6 Å². The Bertz CT molecular complexity index is 972. The Morgan fingerprint density at radius 2 is 1.69 bits per heavy atom. The van der Waals surface area contributed by atoms with Gasteiger partial charge in [0, 0.05) is 38.3 Å². The molecule has 0 radical (unpaired) electrons. The molecule has 3 aromatic rings. The largest absolute Gasteiger partial charge is 0.473 e. The predicted octanol–water partition coefficient (Wildman–Crippen LogP) is 1.18. The zero-order valence-electron chi connectivity index (χ0n) is 15.7. The molecule has 0 atom stereocenters. The topological polar surface area (TPSA) is 146 Å². The maximum absolute atomic E-state index is 11.0. The number of nitrogens with zero attached hydrogens (tertiary/aromatic N) is 3. The summed E-state index contributed by atoms with van der Waals surface area (Å²) in [6, 6.07) is 13.7. The summed E-state index contributed by atoms with van der Waals surface area (Å²) in [6.45, 7) is 3.10. The van der Waals surface area contributed by atoms with Crippen LogP contribution in [0.15, 0.2) is 48.7 Å². The second-order valence-electron chi connectivity index (χ2n) is 5.96. The van der Waals surface area contributed by atoms with Crippen molar-refractivity contribution in [2.75, 3.05) is 11.9 Å². The summed E-state index contributed by atoms with van der Waals surface area (Å²) in [5.41, 5.74) is 2.86. The molecule has 0 fully saturated rings. The van der Waals surface area contributed by atoms with Crippen LogP contribution in [0.5, 0.6) is 0 Å². The van der Waals surface area contributed by atoms with Crippen molar-refractivity contribution in [3.8, 4) is 0 Å². The lowest BCUT2D eigenvalue weighted by molar-refractivity contribution is -0.159. The Morgan fingerprint density at radius 1 is 1.00 bits per heavy atom. The molecule has 0 aliphatic heterocycles. The number of fused-ring (bicyclic) bond motifs is 1. The Kier molecular flexibility index (Phi) is 7.80. The summed E-state index contributed by atoms with van der Waals surface area (Å²) in [5, 5.41) is 29.3. The van der Waals surface area contributed by atoms with E-state index in [2.05, 4.69) is 20.8 Å². The quantitative estimate of drug-likeness (QED) is 0.357. The minimum atomic E-state index is -1.82. The normalized spacial score (nSPS) is 10.1. The molecule has 29 heavy (non-hydrogen) atoms. The van der Waals surface area contributed by atoms with Gasteiger partial charge in [-0.2, -0.15) is 0 Å². The van der Waals surface area contributed by atoms with Gasteiger partial charge in [0.1, 0.15) is 5.82 Å². The zero-order valence-corrected chi connectivity index (χ0v) is 15.7. The van der Waals surface area contributed by atoms with Gasteiger partial charge in [0.2, 0.25) is 5.91 Å². The van der Waals surface area contributed by atoms with Crippen LogP contribution in [-0.4, -0.2) is 49.2 Å². The molecule has 10 nitrogen and oxygen atoms in total. The van der Waals surface area contributed by atoms with E-state index in [0.29, 0.717) is 0 Å². The molecule has 1 amide bonds. The number of carbonyl (C=O) groups is 3. The highest BCUT2D eigenvalue weighted by Crippen LogP contribution is 2.09. The van der Waals surface area contributed by atoms with Gasteiger partial charge in [-0.25, -0.2) is 9.59 Å².